The van der Waals surface area contributed by atoms with E-state index >= 15 is 0 Å². The Kier molecular flexibility index (Phi) is 7.58. The quantitative estimate of drug-likeness (QED) is 0.168. The SMILES string of the molecule is CC1(C)c2ccccc2-c2ccc(N(c3ccccc3-c3ccccc3)c3cccc4c3c3ccccc3n4-c3c(-c4ccccc4)ccc4oc5ccccc5c34)cc21. The van der Waals surface area contributed by atoms with Crippen LogP contribution in [0.1, 0.15) is 25.0 Å². The second kappa shape index (κ2) is 13.2. The van der Waals surface area contributed by atoms with Gasteiger partial charge in [-0.3, -0.25) is 0 Å². The molecule has 9 aromatic carbocycles. The van der Waals surface area contributed by atoms with Crippen LogP contribution in [0, 0.1) is 0 Å². The van der Waals surface area contributed by atoms with Crippen molar-refractivity contribution >= 4 is 60.8 Å². The lowest BCUT2D eigenvalue weighted by Crippen LogP contribution is -2.17. The fourth-order valence-corrected chi connectivity index (χ4v) is 10.1. The van der Waals surface area contributed by atoms with E-state index in [1.165, 1.54) is 44.2 Å². The Labute approximate surface area is 349 Å². The van der Waals surface area contributed by atoms with Gasteiger partial charge in [0.25, 0.3) is 0 Å². The Morgan fingerprint density at radius 1 is 0.417 bits per heavy atom. The summed E-state index contributed by atoms with van der Waals surface area (Å²) in [5, 5.41) is 4.57. The molecule has 12 rings (SSSR count). The summed E-state index contributed by atoms with van der Waals surface area (Å²) in [7, 11) is 0. The zero-order chi connectivity index (χ0) is 40.0. The molecule has 0 saturated carbocycles. The molecular formula is C57H40N2O. The molecule has 3 nitrogen and oxygen atoms in total. The Morgan fingerprint density at radius 3 is 1.83 bits per heavy atom. The number of nitrogens with zero attached hydrogens (tertiary/aromatic N) is 2. The average molecular weight is 769 g/mol. The lowest BCUT2D eigenvalue weighted by molar-refractivity contribution is 0.660. The Morgan fingerprint density at radius 2 is 1.02 bits per heavy atom. The van der Waals surface area contributed by atoms with Crippen LogP contribution < -0.4 is 4.90 Å². The van der Waals surface area contributed by atoms with Crippen molar-refractivity contribution in [3.05, 3.63) is 217 Å². The van der Waals surface area contributed by atoms with E-state index in [1.807, 2.05) is 0 Å². The summed E-state index contributed by atoms with van der Waals surface area (Å²) in [6, 6.07) is 74.9. The number of anilines is 3. The standard InChI is InChI=1S/C57H40N2O/c1-57(2)46-26-13-9-23-42(46)43-33-32-39(36-47(43)57)58(48-27-14-10-22-40(48)37-18-5-3-6-19-37)50-29-17-30-51-54(50)44-24-11-15-28-49(44)59(51)56-41(38-20-7-4-8-21-38)34-35-53-55(56)45-25-12-16-31-52(45)60-53/h3-36H,1-2H3. The van der Waals surface area contributed by atoms with Crippen LogP contribution in [-0.4, -0.2) is 4.57 Å². The van der Waals surface area contributed by atoms with E-state index in [2.05, 4.69) is 230 Å². The molecule has 284 valence electrons. The monoisotopic (exact) mass is 768 g/mol. The first kappa shape index (κ1) is 34.4. The third-order valence-corrected chi connectivity index (χ3v) is 12.8. The molecule has 1 aliphatic carbocycles. The Hall–Kier alpha value is -7.62. The number of benzene rings is 9. The highest BCUT2D eigenvalue weighted by Gasteiger charge is 2.36. The van der Waals surface area contributed by atoms with Crippen molar-refractivity contribution in [1.82, 2.24) is 4.57 Å². The summed E-state index contributed by atoms with van der Waals surface area (Å²) >= 11 is 0. The van der Waals surface area contributed by atoms with Crippen LogP contribution >= 0.6 is 0 Å². The topological polar surface area (TPSA) is 21.3 Å². The first-order chi connectivity index (χ1) is 29.6. The molecular weight excluding hydrogens is 729 g/mol. The molecule has 3 heteroatoms. The minimum atomic E-state index is -0.158. The van der Waals surface area contributed by atoms with Crippen LogP contribution in [0.15, 0.2) is 211 Å². The summed E-state index contributed by atoms with van der Waals surface area (Å²) < 4.78 is 9.08. The molecule has 0 N–H and O–H groups in total. The van der Waals surface area contributed by atoms with E-state index in [1.54, 1.807) is 0 Å². The van der Waals surface area contributed by atoms with Gasteiger partial charge in [-0.15, -0.1) is 0 Å². The first-order valence-electron chi connectivity index (χ1n) is 20.8. The molecule has 0 spiro atoms. The smallest absolute Gasteiger partial charge is 0.137 e. The first-order valence-corrected chi connectivity index (χ1v) is 20.8. The number of furan rings is 1. The second-order valence-electron chi connectivity index (χ2n) is 16.4. The maximum atomic E-state index is 6.59. The van der Waals surface area contributed by atoms with Gasteiger partial charge in [-0.25, -0.2) is 0 Å². The molecule has 1 aliphatic rings. The fraction of sp³-hybridized carbons (Fsp3) is 0.0526. The highest BCUT2D eigenvalue weighted by atomic mass is 16.3. The van der Waals surface area contributed by atoms with Gasteiger partial charge in [0, 0.05) is 38.4 Å². The highest BCUT2D eigenvalue weighted by Crippen LogP contribution is 2.53. The predicted octanol–water partition coefficient (Wildman–Crippen LogP) is 15.8. The van der Waals surface area contributed by atoms with Crippen LogP contribution in [0.3, 0.4) is 0 Å². The van der Waals surface area contributed by atoms with E-state index in [0.29, 0.717) is 0 Å². The second-order valence-corrected chi connectivity index (χ2v) is 16.4. The predicted molar refractivity (Wildman–Crippen MR) is 251 cm³/mol. The summed E-state index contributed by atoms with van der Waals surface area (Å²) in [6.07, 6.45) is 0. The van der Waals surface area contributed by atoms with Crippen molar-refractivity contribution in [1.29, 1.82) is 0 Å². The third kappa shape index (κ3) is 5.02. The molecule has 0 radical (unpaired) electrons. The molecule has 2 aromatic heterocycles. The lowest BCUT2D eigenvalue weighted by atomic mass is 9.82. The van der Waals surface area contributed by atoms with Crippen LogP contribution in [-0.2, 0) is 5.41 Å². The zero-order valence-corrected chi connectivity index (χ0v) is 33.4. The maximum absolute atomic E-state index is 6.59. The average Bonchev–Trinajstić information content (AvgIpc) is 3.93. The van der Waals surface area contributed by atoms with E-state index < -0.39 is 0 Å². The minimum absolute atomic E-state index is 0.158. The van der Waals surface area contributed by atoms with Crippen LogP contribution in [0.5, 0.6) is 0 Å². The van der Waals surface area contributed by atoms with Crippen molar-refractivity contribution in [3.63, 3.8) is 0 Å². The van der Waals surface area contributed by atoms with Gasteiger partial charge in [0.15, 0.2) is 0 Å². The van der Waals surface area contributed by atoms with Gasteiger partial charge in [0.2, 0.25) is 0 Å². The van der Waals surface area contributed by atoms with Gasteiger partial charge < -0.3 is 13.9 Å². The molecule has 0 fully saturated rings. The van der Waals surface area contributed by atoms with Gasteiger partial charge in [0.05, 0.1) is 33.5 Å². The summed E-state index contributed by atoms with van der Waals surface area (Å²) in [5.41, 5.74) is 18.3. The lowest BCUT2D eigenvalue weighted by Gasteiger charge is -2.30. The Bertz CT molecular complexity index is 3460. The van der Waals surface area contributed by atoms with E-state index in [4.69, 9.17) is 4.42 Å². The molecule has 0 atom stereocenters. The number of hydrogen-bond donors (Lipinski definition) is 0. The minimum Gasteiger partial charge on any atom is -0.456 e. The van der Waals surface area contributed by atoms with Crippen LogP contribution in [0.2, 0.25) is 0 Å². The summed E-state index contributed by atoms with van der Waals surface area (Å²) in [5.74, 6) is 0. The molecule has 0 saturated heterocycles. The van der Waals surface area contributed by atoms with Crippen LogP contribution in [0.4, 0.5) is 17.1 Å². The number of para-hydroxylation sites is 3. The van der Waals surface area contributed by atoms with Gasteiger partial charge in [0.1, 0.15) is 11.2 Å². The normalized spacial score (nSPS) is 13.0. The number of fused-ring (bicyclic) bond motifs is 9. The summed E-state index contributed by atoms with van der Waals surface area (Å²) in [4.78, 5) is 2.51. The molecule has 0 amide bonds. The third-order valence-electron chi connectivity index (χ3n) is 12.8. The number of rotatable bonds is 6. The van der Waals surface area contributed by atoms with Gasteiger partial charge >= 0.3 is 0 Å². The maximum Gasteiger partial charge on any atom is 0.137 e. The van der Waals surface area contributed by atoms with E-state index in [-0.39, 0.29) is 5.41 Å². The molecule has 0 unspecified atom stereocenters. The van der Waals surface area contributed by atoms with E-state index in [9.17, 15) is 0 Å². The van der Waals surface area contributed by atoms with Crippen LogP contribution in [0.25, 0.3) is 82.8 Å². The van der Waals surface area contributed by atoms with Crippen molar-refractivity contribution in [2.75, 3.05) is 4.90 Å². The Balaban J connectivity index is 1.20. The molecule has 11 aromatic rings. The van der Waals surface area contributed by atoms with E-state index in [0.717, 1.165) is 66.8 Å². The van der Waals surface area contributed by atoms with Crippen molar-refractivity contribution in [3.8, 4) is 39.1 Å². The van der Waals surface area contributed by atoms with Crippen molar-refractivity contribution < 1.29 is 4.42 Å². The molecule has 0 aliphatic heterocycles. The fourth-order valence-electron chi connectivity index (χ4n) is 10.1. The van der Waals surface area contributed by atoms with Crippen molar-refractivity contribution in [2.45, 2.75) is 19.3 Å². The number of hydrogen-bond acceptors (Lipinski definition) is 2. The molecule has 2 heterocycles. The summed E-state index contributed by atoms with van der Waals surface area (Å²) in [6.45, 7) is 4.73. The van der Waals surface area contributed by atoms with Crippen molar-refractivity contribution in [2.24, 2.45) is 0 Å². The molecule has 0 bridgehead atoms. The van der Waals surface area contributed by atoms with Gasteiger partial charge in [-0.1, -0.05) is 166 Å². The zero-order valence-electron chi connectivity index (χ0n) is 33.4. The largest absolute Gasteiger partial charge is 0.456 e. The van der Waals surface area contributed by atoms with Gasteiger partial charge in [-0.2, -0.15) is 0 Å². The van der Waals surface area contributed by atoms with Gasteiger partial charge in [-0.05, 0) is 88.0 Å². The number of aromatic nitrogens is 1. The highest BCUT2D eigenvalue weighted by molar-refractivity contribution is 6.20. The molecule has 60 heavy (non-hydrogen) atoms.